The van der Waals surface area contributed by atoms with Crippen LogP contribution in [0.3, 0.4) is 0 Å². The number of aromatic nitrogens is 1. The van der Waals surface area contributed by atoms with E-state index < -0.39 is 0 Å². The lowest BCUT2D eigenvalue weighted by molar-refractivity contribution is 0.155. The van der Waals surface area contributed by atoms with Crippen LogP contribution in [0, 0.1) is 3.57 Å². The molecular formula is C12H12INO3. The van der Waals surface area contributed by atoms with E-state index in [-0.39, 0.29) is 0 Å². The maximum absolute atomic E-state index is 5.60. The Morgan fingerprint density at radius 3 is 2.94 bits per heavy atom. The second kappa shape index (κ2) is 6.02. The minimum absolute atomic E-state index is 0.396. The lowest BCUT2D eigenvalue weighted by atomic mass is 10.3. The van der Waals surface area contributed by atoms with Gasteiger partial charge in [0, 0.05) is 16.7 Å². The summed E-state index contributed by atoms with van der Waals surface area (Å²) in [5.41, 5.74) is 0.760. The smallest absolute Gasteiger partial charge is 0.162 e. The average molecular weight is 345 g/mol. The van der Waals surface area contributed by atoms with Crippen LogP contribution in [0.2, 0.25) is 0 Å². The van der Waals surface area contributed by atoms with Crippen LogP contribution < -0.4 is 4.74 Å². The van der Waals surface area contributed by atoms with Crippen molar-refractivity contribution in [1.29, 1.82) is 0 Å². The highest BCUT2D eigenvalue weighted by molar-refractivity contribution is 14.1. The zero-order valence-corrected chi connectivity index (χ0v) is 11.5. The van der Waals surface area contributed by atoms with Gasteiger partial charge in [0.1, 0.15) is 24.7 Å². The number of rotatable bonds is 5. The largest absolute Gasteiger partial charge is 0.487 e. The van der Waals surface area contributed by atoms with Crippen molar-refractivity contribution in [3.8, 4) is 5.75 Å². The molecule has 2 aromatic rings. The molecule has 90 valence electrons. The molecule has 0 bridgehead atoms. The zero-order chi connectivity index (χ0) is 12.1. The Kier molecular flexibility index (Phi) is 4.38. The molecule has 5 heteroatoms. The molecule has 0 spiro atoms. The van der Waals surface area contributed by atoms with Gasteiger partial charge in [-0.1, -0.05) is 11.2 Å². The Balaban J connectivity index is 1.93. The molecule has 1 aromatic heterocycles. The van der Waals surface area contributed by atoms with Crippen molar-refractivity contribution in [2.45, 2.75) is 13.2 Å². The van der Waals surface area contributed by atoms with E-state index in [1.807, 2.05) is 30.3 Å². The predicted octanol–water partition coefficient (Wildman–Crippen LogP) is 3.00. The van der Waals surface area contributed by atoms with Crippen molar-refractivity contribution in [2.75, 3.05) is 7.11 Å². The molecule has 4 nitrogen and oxygen atoms in total. The van der Waals surface area contributed by atoms with Gasteiger partial charge >= 0.3 is 0 Å². The summed E-state index contributed by atoms with van der Waals surface area (Å²) in [6, 6.07) is 9.68. The zero-order valence-electron chi connectivity index (χ0n) is 9.35. The first-order valence-corrected chi connectivity index (χ1v) is 6.17. The van der Waals surface area contributed by atoms with Crippen LogP contribution in [0.15, 0.2) is 34.9 Å². The normalized spacial score (nSPS) is 10.5. The Bertz CT molecular complexity index is 484. The van der Waals surface area contributed by atoms with Crippen LogP contribution in [0.1, 0.15) is 11.5 Å². The average Bonchev–Trinajstić information content (AvgIpc) is 2.75. The number of halogens is 1. The quantitative estimate of drug-likeness (QED) is 0.782. The molecule has 0 atom stereocenters. The first kappa shape index (κ1) is 12.4. The lowest BCUT2D eigenvalue weighted by Crippen LogP contribution is -1.95. The molecule has 0 fully saturated rings. The highest BCUT2D eigenvalue weighted by Gasteiger charge is 2.04. The fourth-order valence-electron chi connectivity index (χ4n) is 1.35. The fourth-order valence-corrected chi connectivity index (χ4v) is 1.86. The van der Waals surface area contributed by atoms with Crippen LogP contribution in [0.4, 0.5) is 0 Å². The summed E-state index contributed by atoms with van der Waals surface area (Å²) in [6.45, 7) is 0.823. The standard InChI is InChI=1S/C12H12INO3/c1-15-8-12-6-10(14-17-12)7-16-11-4-2-3-9(13)5-11/h2-6H,7-8H2,1H3. The molecule has 0 saturated carbocycles. The first-order valence-electron chi connectivity index (χ1n) is 5.09. The van der Waals surface area contributed by atoms with Gasteiger partial charge in [0.2, 0.25) is 0 Å². The third kappa shape index (κ3) is 3.71. The van der Waals surface area contributed by atoms with Crippen molar-refractivity contribution in [3.05, 3.63) is 45.4 Å². The number of ether oxygens (including phenoxy) is 2. The maximum atomic E-state index is 5.60. The lowest BCUT2D eigenvalue weighted by Gasteiger charge is -2.03. The van der Waals surface area contributed by atoms with Crippen molar-refractivity contribution in [1.82, 2.24) is 5.16 Å². The van der Waals surface area contributed by atoms with Gasteiger partial charge < -0.3 is 14.0 Å². The summed E-state index contributed by atoms with van der Waals surface area (Å²) in [4.78, 5) is 0. The van der Waals surface area contributed by atoms with E-state index in [4.69, 9.17) is 14.0 Å². The number of hydrogen-bond acceptors (Lipinski definition) is 4. The fraction of sp³-hybridized carbons (Fsp3) is 0.250. The molecule has 0 aliphatic heterocycles. The molecule has 1 heterocycles. The van der Waals surface area contributed by atoms with E-state index in [2.05, 4.69) is 27.7 Å². The third-order valence-corrected chi connectivity index (χ3v) is 2.75. The van der Waals surface area contributed by atoms with Crippen molar-refractivity contribution >= 4 is 22.6 Å². The van der Waals surface area contributed by atoms with Gasteiger partial charge in [-0.05, 0) is 40.8 Å². The number of methoxy groups -OCH3 is 1. The Labute approximate surface area is 113 Å². The summed E-state index contributed by atoms with van der Waals surface area (Å²) >= 11 is 2.24. The van der Waals surface area contributed by atoms with E-state index >= 15 is 0 Å². The summed E-state index contributed by atoms with van der Waals surface area (Å²) in [5.74, 6) is 1.53. The SMILES string of the molecule is COCc1cc(COc2cccc(I)c2)no1. The van der Waals surface area contributed by atoms with Crippen LogP contribution >= 0.6 is 22.6 Å². The monoisotopic (exact) mass is 345 g/mol. The van der Waals surface area contributed by atoms with E-state index in [0.29, 0.717) is 19.0 Å². The minimum atomic E-state index is 0.396. The summed E-state index contributed by atoms with van der Waals surface area (Å²) < 4.78 is 16.7. The molecule has 2 rings (SSSR count). The first-order chi connectivity index (χ1) is 8.28. The van der Waals surface area contributed by atoms with Crippen molar-refractivity contribution in [3.63, 3.8) is 0 Å². The summed E-state index contributed by atoms with van der Waals surface area (Å²) in [6.07, 6.45) is 0. The molecular weight excluding hydrogens is 333 g/mol. The van der Waals surface area contributed by atoms with E-state index in [9.17, 15) is 0 Å². The number of hydrogen-bond donors (Lipinski definition) is 0. The second-order valence-corrected chi connectivity index (χ2v) is 4.71. The number of nitrogens with zero attached hydrogens (tertiary/aromatic N) is 1. The molecule has 0 amide bonds. The minimum Gasteiger partial charge on any atom is -0.487 e. The van der Waals surface area contributed by atoms with Crippen LogP contribution in [-0.4, -0.2) is 12.3 Å². The van der Waals surface area contributed by atoms with Crippen LogP contribution in [0.5, 0.6) is 5.75 Å². The van der Waals surface area contributed by atoms with Gasteiger partial charge in [-0.3, -0.25) is 0 Å². The molecule has 0 saturated heterocycles. The van der Waals surface area contributed by atoms with Gasteiger partial charge in [0.15, 0.2) is 5.76 Å². The Morgan fingerprint density at radius 1 is 1.29 bits per heavy atom. The predicted molar refractivity (Wildman–Crippen MR) is 70.7 cm³/mol. The van der Waals surface area contributed by atoms with Crippen molar-refractivity contribution < 1.29 is 14.0 Å². The van der Waals surface area contributed by atoms with E-state index in [1.165, 1.54) is 0 Å². The third-order valence-electron chi connectivity index (χ3n) is 2.08. The Morgan fingerprint density at radius 2 is 2.18 bits per heavy atom. The summed E-state index contributed by atoms with van der Waals surface area (Å²) in [7, 11) is 1.62. The topological polar surface area (TPSA) is 44.5 Å². The molecule has 17 heavy (non-hydrogen) atoms. The maximum Gasteiger partial charge on any atom is 0.162 e. The highest BCUT2D eigenvalue weighted by Crippen LogP contribution is 2.16. The number of benzene rings is 1. The molecule has 0 unspecified atom stereocenters. The molecule has 0 aliphatic rings. The van der Waals surface area contributed by atoms with Crippen LogP contribution in [-0.2, 0) is 18.0 Å². The van der Waals surface area contributed by atoms with Gasteiger partial charge in [-0.15, -0.1) is 0 Å². The highest BCUT2D eigenvalue weighted by atomic mass is 127. The van der Waals surface area contributed by atoms with Gasteiger partial charge in [0.25, 0.3) is 0 Å². The van der Waals surface area contributed by atoms with Gasteiger partial charge in [-0.2, -0.15) is 0 Å². The molecule has 0 aliphatic carbocycles. The Hall–Kier alpha value is -1.08. The second-order valence-electron chi connectivity index (χ2n) is 3.46. The van der Waals surface area contributed by atoms with Crippen molar-refractivity contribution in [2.24, 2.45) is 0 Å². The molecule has 0 N–H and O–H groups in total. The van der Waals surface area contributed by atoms with Crippen LogP contribution in [0.25, 0.3) is 0 Å². The molecule has 0 radical (unpaired) electrons. The van der Waals surface area contributed by atoms with Gasteiger partial charge in [0.05, 0.1) is 0 Å². The summed E-state index contributed by atoms with van der Waals surface area (Å²) in [5, 5.41) is 3.89. The van der Waals surface area contributed by atoms with E-state index in [0.717, 1.165) is 15.0 Å². The van der Waals surface area contributed by atoms with Gasteiger partial charge in [-0.25, -0.2) is 0 Å². The molecule has 1 aromatic carbocycles. The van der Waals surface area contributed by atoms with E-state index in [1.54, 1.807) is 7.11 Å².